The number of carbonyl (C=O) groups is 1. The monoisotopic (exact) mass is 329 g/mol. The quantitative estimate of drug-likeness (QED) is 0.774. The number of anilines is 1. The standard InChI is InChI=1S/C16H12ClN3O3/c1-23-13-7-6-9(17)8-12(13)18-16(22)14-15(21)10-4-2-3-5-11(10)19-20-14/h2-8H,1H3,(H,18,22)(H,19,21). The van der Waals surface area contributed by atoms with E-state index in [9.17, 15) is 9.59 Å². The summed E-state index contributed by atoms with van der Waals surface area (Å²) in [7, 11) is 1.47. The minimum atomic E-state index is -0.641. The topological polar surface area (TPSA) is 84.1 Å². The number of rotatable bonds is 3. The van der Waals surface area contributed by atoms with Crippen molar-refractivity contribution in [1.82, 2.24) is 10.2 Å². The number of fused-ring (bicyclic) bond motifs is 1. The lowest BCUT2D eigenvalue weighted by atomic mass is 10.2. The summed E-state index contributed by atoms with van der Waals surface area (Å²) in [6.07, 6.45) is 0. The van der Waals surface area contributed by atoms with Crippen molar-refractivity contribution in [1.29, 1.82) is 0 Å². The molecule has 2 N–H and O–H groups in total. The number of aromatic amines is 1. The van der Waals surface area contributed by atoms with Gasteiger partial charge < -0.3 is 10.1 Å². The molecule has 1 aromatic heterocycles. The molecule has 0 spiro atoms. The van der Waals surface area contributed by atoms with E-state index in [-0.39, 0.29) is 5.69 Å². The summed E-state index contributed by atoms with van der Waals surface area (Å²) < 4.78 is 5.16. The molecule has 6 nitrogen and oxygen atoms in total. The zero-order chi connectivity index (χ0) is 16.4. The summed E-state index contributed by atoms with van der Waals surface area (Å²) in [5.41, 5.74) is 0.248. The molecule has 1 heterocycles. The van der Waals surface area contributed by atoms with E-state index in [1.54, 1.807) is 36.4 Å². The molecule has 7 heteroatoms. The Kier molecular flexibility index (Phi) is 3.99. The third-order valence-electron chi connectivity index (χ3n) is 3.30. The van der Waals surface area contributed by atoms with Crippen LogP contribution in [-0.4, -0.2) is 23.2 Å². The number of nitrogens with one attached hydrogen (secondary N) is 2. The Hall–Kier alpha value is -2.86. The summed E-state index contributed by atoms with van der Waals surface area (Å²) in [5.74, 6) is -0.211. The van der Waals surface area contributed by atoms with Crippen LogP contribution >= 0.6 is 11.6 Å². The van der Waals surface area contributed by atoms with E-state index in [0.29, 0.717) is 27.4 Å². The van der Waals surface area contributed by atoms with Crippen LogP contribution in [0, 0.1) is 0 Å². The van der Waals surface area contributed by atoms with Gasteiger partial charge in [0.2, 0.25) is 5.43 Å². The highest BCUT2D eigenvalue weighted by Crippen LogP contribution is 2.27. The molecular formula is C16H12ClN3O3. The van der Waals surface area contributed by atoms with Crippen molar-refractivity contribution >= 4 is 34.1 Å². The first-order valence-electron chi connectivity index (χ1n) is 6.72. The van der Waals surface area contributed by atoms with Gasteiger partial charge in [0.25, 0.3) is 5.91 Å². The number of hydrogen-bond acceptors (Lipinski definition) is 4. The maximum atomic E-state index is 12.4. The summed E-state index contributed by atoms with van der Waals surface area (Å²) in [5, 5.41) is 9.98. The highest BCUT2D eigenvalue weighted by molar-refractivity contribution is 6.31. The Morgan fingerprint density at radius 2 is 2.04 bits per heavy atom. The Morgan fingerprint density at radius 1 is 1.26 bits per heavy atom. The van der Waals surface area contributed by atoms with Crippen molar-refractivity contribution < 1.29 is 9.53 Å². The van der Waals surface area contributed by atoms with Crippen LogP contribution in [0.5, 0.6) is 5.75 Å². The van der Waals surface area contributed by atoms with Gasteiger partial charge in [0.05, 0.1) is 18.3 Å². The van der Waals surface area contributed by atoms with Gasteiger partial charge in [0, 0.05) is 10.4 Å². The van der Waals surface area contributed by atoms with Crippen LogP contribution in [0.3, 0.4) is 0 Å². The van der Waals surface area contributed by atoms with Crippen LogP contribution in [0.2, 0.25) is 5.02 Å². The fraction of sp³-hybridized carbons (Fsp3) is 0.0625. The van der Waals surface area contributed by atoms with Crippen LogP contribution in [-0.2, 0) is 0 Å². The normalized spacial score (nSPS) is 10.5. The second kappa shape index (κ2) is 6.10. The minimum absolute atomic E-state index is 0.231. The molecule has 116 valence electrons. The molecule has 0 aliphatic rings. The molecule has 0 saturated heterocycles. The first kappa shape index (κ1) is 15.1. The van der Waals surface area contributed by atoms with Crippen molar-refractivity contribution in [3.63, 3.8) is 0 Å². The molecule has 3 rings (SSSR count). The van der Waals surface area contributed by atoms with Crippen LogP contribution < -0.4 is 15.5 Å². The number of halogens is 1. The van der Waals surface area contributed by atoms with E-state index in [1.165, 1.54) is 13.2 Å². The number of hydrogen-bond donors (Lipinski definition) is 2. The SMILES string of the molecule is COc1ccc(Cl)cc1NC(=O)c1n[nH]c2ccccc2c1=O. The predicted octanol–water partition coefficient (Wildman–Crippen LogP) is 2.84. The fourth-order valence-electron chi connectivity index (χ4n) is 2.19. The number of H-pyrrole nitrogens is 1. The zero-order valence-electron chi connectivity index (χ0n) is 12.1. The Bertz CT molecular complexity index is 953. The number of methoxy groups -OCH3 is 1. The molecule has 0 saturated carbocycles. The fourth-order valence-corrected chi connectivity index (χ4v) is 2.36. The van der Waals surface area contributed by atoms with Gasteiger partial charge in [-0.1, -0.05) is 23.7 Å². The number of aromatic nitrogens is 2. The highest BCUT2D eigenvalue weighted by Gasteiger charge is 2.17. The number of benzene rings is 2. The van der Waals surface area contributed by atoms with Gasteiger partial charge in [-0.3, -0.25) is 14.7 Å². The van der Waals surface area contributed by atoms with Gasteiger partial charge in [-0.25, -0.2) is 0 Å². The van der Waals surface area contributed by atoms with Crippen molar-refractivity contribution in [3.8, 4) is 5.75 Å². The second-order valence-electron chi connectivity index (χ2n) is 4.75. The van der Waals surface area contributed by atoms with Gasteiger partial charge in [-0.2, -0.15) is 5.10 Å². The van der Waals surface area contributed by atoms with Gasteiger partial charge in [-0.15, -0.1) is 0 Å². The highest BCUT2D eigenvalue weighted by atomic mass is 35.5. The first-order chi connectivity index (χ1) is 11.1. The molecule has 23 heavy (non-hydrogen) atoms. The van der Waals surface area contributed by atoms with E-state index in [1.807, 2.05) is 0 Å². The molecule has 2 aromatic carbocycles. The molecule has 0 radical (unpaired) electrons. The predicted molar refractivity (Wildman–Crippen MR) is 88.3 cm³/mol. The van der Waals surface area contributed by atoms with E-state index in [4.69, 9.17) is 16.3 Å². The number of ether oxygens (including phenoxy) is 1. The van der Waals surface area contributed by atoms with Crippen LogP contribution in [0.4, 0.5) is 5.69 Å². The average molecular weight is 330 g/mol. The largest absolute Gasteiger partial charge is 0.495 e. The average Bonchev–Trinajstić information content (AvgIpc) is 2.55. The Balaban J connectivity index is 2.00. The Labute approximate surface area is 136 Å². The van der Waals surface area contributed by atoms with Crippen LogP contribution in [0.25, 0.3) is 10.9 Å². The number of nitrogens with zero attached hydrogens (tertiary/aromatic N) is 1. The van der Waals surface area contributed by atoms with Gasteiger partial charge in [-0.05, 0) is 30.3 Å². The zero-order valence-corrected chi connectivity index (χ0v) is 12.8. The van der Waals surface area contributed by atoms with Gasteiger partial charge in [0.15, 0.2) is 5.69 Å². The molecule has 0 aliphatic carbocycles. The Morgan fingerprint density at radius 3 is 2.83 bits per heavy atom. The van der Waals surface area contributed by atoms with Gasteiger partial charge in [0.1, 0.15) is 5.75 Å². The summed E-state index contributed by atoms with van der Waals surface area (Å²) in [6.45, 7) is 0. The molecule has 0 aliphatic heterocycles. The van der Waals surface area contributed by atoms with E-state index >= 15 is 0 Å². The summed E-state index contributed by atoms with van der Waals surface area (Å²) in [4.78, 5) is 24.7. The van der Waals surface area contributed by atoms with E-state index in [2.05, 4.69) is 15.5 Å². The number of amides is 1. The second-order valence-corrected chi connectivity index (χ2v) is 5.18. The van der Waals surface area contributed by atoms with Crippen molar-refractivity contribution in [2.24, 2.45) is 0 Å². The first-order valence-corrected chi connectivity index (χ1v) is 7.10. The molecule has 0 atom stereocenters. The van der Waals surface area contributed by atoms with Crippen LogP contribution in [0.1, 0.15) is 10.5 Å². The molecule has 1 amide bonds. The third-order valence-corrected chi connectivity index (χ3v) is 3.53. The van der Waals surface area contributed by atoms with Crippen molar-refractivity contribution in [2.75, 3.05) is 12.4 Å². The van der Waals surface area contributed by atoms with Gasteiger partial charge >= 0.3 is 0 Å². The number of para-hydroxylation sites is 1. The van der Waals surface area contributed by atoms with Crippen molar-refractivity contribution in [2.45, 2.75) is 0 Å². The summed E-state index contributed by atoms with van der Waals surface area (Å²) in [6, 6.07) is 11.6. The van der Waals surface area contributed by atoms with Crippen molar-refractivity contribution in [3.05, 3.63) is 63.4 Å². The molecule has 0 fully saturated rings. The molecule has 0 bridgehead atoms. The maximum Gasteiger partial charge on any atom is 0.280 e. The molecule has 0 unspecified atom stereocenters. The maximum absolute atomic E-state index is 12.4. The lowest BCUT2D eigenvalue weighted by Crippen LogP contribution is -2.24. The minimum Gasteiger partial charge on any atom is -0.495 e. The molecular weight excluding hydrogens is 318 g/mol. The van der Waals surface area contributed by atoms with Crippen LogP contribution in [0.15, 0.2) is 47.3 Å². The molecule has 3 aromatic rings. The third kappa shape index (κ3) is 2.89. The van der Waals surface area contributed by atoms with E-state index in [0.717, 1.165) is 0 Å². The number of carbonyl (C=O) groups excluding carboxylic acids is 1. The lowest BCUT2D eigenvalue weighted by Gasteiger charge is -2.10. The van der Waals surface area contributed by atoms with E-state index < -0.39 is 11.3 Å². The smallest absolute Gasteiger partial charge is 0.280 e. The lowest BCUT2D eigenvalue weighted by molar-refractivity contribution is 0.102. The summed E-state index contributed by atoms with van der Waals surface area (Å²) >= 11 is 5.92.